The molecule has 1 saturated heterocycles. The molecule has 0 spiro atoms. The molecule has 2 heterocycles. The molecule has 27 heavy (non-hydrogen) atoms. The van der Waals surface area contributed by atoms with E-state index in [0.29, 0.717) is 12.0 Å². The van der Waals surface area contributed by atoms with Crippen LogP contribution in [-0.4, -0.2) is 73.1 Å². The quantitative estimate of drug-likeness (QED) is 0.227. The van der Waals surface area contributed by atoms with Crippen LogP contribution in [0.15, 0.2) is 23.5 Å². The van der Waals surface area contributed by atoms with E-state index in [9.17, 15) is 0 Å². The molecule has 7 nitrogen and oxygen atoms in total. The van der Waals surface area contributed by atoms with Gasteiger partial charge in [0.05, 0.1) is 13.2 Å². The Hall–Kier alpha value is -0.870. The molecule has 0 radical (unpaired) electrons. The van der Waals surface area contributed by atoms with E-state index in [1.54, 1.807) is 0 Å². The van der Waals surface area contributed by atoms with E-state index < -0.39 is 0 Å². The second-order valence-corrected chi connectivity index (χ2v) is 6.79. The number of rotatable bonds is 10. The standard InChI is InChI=1S/C19H36N6O.HI/c1-4-17(5-2)18(24-12-14-26-15-13-24)16-22-19(20-3)21-8-6-10-25-11-7-9-23-25;/h7,9,11,17-18H,4-6,8,10,12-16H2,1-3H3,(H2,20,21,22);1H. The zero-order valence-electron chi connectivity index (χ0n) is 17.1. The van der Waals surface area contributed by atoms with Crippen molar-refractivity contribution in [3.63, 3.8) is 0 Å². The van der Waals surface area contributed by atoms with E-state index in [2.05, 4.69) is 39.5 Å². The van der Waals surface area contributed by atoms with Gasteiger partial charge in [-0.2, -0.15) is 5.10 Å². The minimum absolute atomic E-state index is 0. The van der Waals surface area contributed by atoms with Crippen LogP contribution in [0.2, 0.25) is 0 Å². The number of aryl methyl sites for hydroxylation is 1. The second-order valence-electron chi connectivity index (χ2n) is 6.79. The minimum Gasteiger partial charge on any atom is -0.379 e. The lowest BCUT2D eigenvalue weighted by Gasteiger charge is -2.39. The van der Waals surface area contributed by atoms with Gasteiger partial charge in [0.15, 0.2) is 5.96 Å². The van der Waals surface area contributed by atoms with Crippen molar-refractivity contribution in [2.45, 2.75) is 45.7 Å². The number of hydrogen-bond acceptors (Lipinski definition) is 4. The molecule has 1 aliphatic heterocycles. The fraction of sp³-hybridized carbons (Fsp3) is 0.789. The van der Waals surface area contributed by atoms with Crippen molar-refractivity contribution in [1.29, 1.82) is 0 Å². The Bertz CT molecular complexity index is 500. The highest BCUT2D eigenvalue weighted by molar-refractivity contribution is 14.0. The van der Waals surface area contributed by atoms with Crippen LogP contribution >= 0.6 is 24.0 Å². The van der Waals surface area contributed by atoms with Crippen molar-refractivity contribution >= 4 is 29.9 Å². The molecule has 2 rings (SSSR count). The number of nitrogens with one attached hydrogen (secondary N) is 2. The Labute approximate surface area is 181 Å². The third kappa shape index (κ3) is 8.35. The molecule has 0 aliphatic carbocycles. The largest absolute Gasteiger partial charge is 0.379 e. The summed E-state index contributed by atoms with van der Waals surface area (Å²) in [5.41, 5.74) is 0. The lowest BCUT2D eigenvalue weighted by atomic mass is 9.92. The zero-order valence-corrected chi connectivity index (χ0v) is 19.4. The monoisotopic (exact) mass is 492 g/mol. The van der Waals surface area contributed by atoms with E-state index in [4.69, 9.17) is 4.74 Å². The molecule has 1 atom stereocenters. The van der Waals surface area contributed by atoms with E-state index in [1.165, 1.54) is 12.8 Å². The molecule has 156 valence electrons. The van der Waals surface area contributed by atoms with Gasteiger partial charge in [-0.15, -0.1) is 24.0 Å². The molecular formula is C19H37IN6O. The number of hydrogen-bond donors (Lipinski definition) is 2. The topological polar surface area (TPSA) is 66.7 Å². The van der Waals surface area contributed by atoms with Gasteiger partial charge in [0.2, 0.25) is 0 Å². The summed E-state index contributed by atoms with van der Waals surface area (Å²) < 4.78 is 7.49. The van der Waals surface area contributed by atoms with Crippen LogP contribution in [0.1, 0.15) is 33.1 Å². The van der Waals surface area contributed by atoms with Crippen molar-refractivity contribution in [2.24, 2.45) is 10.9 Å². The minimum atomic E-state index is 0. The molecule has 1 unspecified atom stereocenters. The molecule has 1 aliphatic rings. The summed E-state index contributed by atoms with van der Waals surface area (Å²) in [5, 5.41) is 11.2. The first-order chi connectivity index (χ1) is 12.8. The van der Waals surface area contributed by atoms with Crippen LogP contribution in [0.4, 0.5) is 0 Å². The van der Waals surface area contributed by atoms with Crippen LogP contribution in [0.3, 0.4) is 0 Å². The maximum atomic E-state index is 5.53. The van der Waals surface area contributed by atoms with Gasteiger partial charge in [-0.3, -0.25) is 14.6 Å². The first-order valence-corrected chi connectivity index (χ1v) is 10.0. The third-order valence-electron chi connectivity index (χ3n) is 5.23. The molecule has 1 aromatic rings. The highest BCUT2D eigenvalue weighted by Gasteiger charge is 2.26. The molecule has 8 heteroatoms. The van der Waals surface area contributed by atoms with Crippen molar-refractivity contribution in [3.05, 3.63) is 18.5 Å². The number of aliphatic imine (C=N–C) groups is 1. The summed E-state index contributed by atoms with van der Waals surface area (Å²) in [5.74, 6) is 1.58. The van der Waals surface area contributed by atoms with E-state index in [0.717, 1.165) is 58.3 Å². The van der Waals surface area contributed by atoms with Gasteiger partial charge in [-0.1, -0.05) is 26.7 Å². The van der Waals surface area contributed by atoms with E-state index >= 15 is 0 Å². The summed E-state index contributed by atoms with van der Waals surface area (Å²) >= 11 is 0. The number of aromatic nitrogens is 2. The second kappa shape index (κ2) is 14.2. The molecule has 0 bridgehead atoms. The highest BCUT2D eigenvalue weighted by atomic mass is 127. The average molecular weight is 492 g/mol. The number of morpholine rings is 1. The molecule has 0 aromatic carbocycles. The predicted molar refractivity (Wildman–Crippen MR) is 122 cm³/mol. The van der Waals surface area contributed by atoms with Gasteiger partial charge >= 0.3 is 0 Å². The lowest BCUT2D eigenvalue weighted by molar-refractivity contribution is 0.00272. The number of ether oxygens (including phenoxy) is 1. The molecule has 1 aromatic heterocycles. The number of guanidine groups is 1. The van der Waals surface area contributed by atoms with E-state index in [-0.39, 0.29) is 24.0 Å². The molecule has 0 saturated carbocycles. The summed E-state index contributed by atoms with van der Waals surface area (Å²) in [6.45, 7) is 11.1. The summed E-state index contributed by atoms with van der Waals surface area (Å²) in [6.07, 6.45) is 7.24. The fourth-order valence-corrected chi connectivity index (χ4v) is 3.64. The lowest BCUT2D eigenvalue weighted by Crippen LogP contribution is -2.53. The average Bonchev–Trinajstić information content (AvgIpc) is 3.20. The van der Waals surface area contributed by atoms with Gasteiger partial charge in [0, 0.05) is 58.2 Å². The number of nitrogens with zero attached hydrogens (tertiary/aromatic N) is 4. The Morgan fingerprint density at radius 3 is 2.56 bits per heavy atom. The Morgan fingerprint density at radius 1 is 1.22 bits per heavy atom. The Balaban J connectivity index is 0.00000364. The summed E-state index contributed by atoms with van der Waals surface area (Å²) in [4.78, 5) is 6.96. The SMILES string of the molecule is CCC(CC)C(CNC(=NC)NCCCn1cccn1)N1CCOCC1.I. The first kappa shape index (κ1) is 24.2. The van der Waals surface area contributed by atoms with Gasteiger partial charge in [0.1, 0.15) is 0 Å². The van der Waals surface area contributed by atoms with Crippen molar-refractivity contribution < 1.29 is 4.74 Å². The molecule has 0 amide bonds. The molecular weight excluding hydrogens is 455 g/mol. The zero-order chi connectivity index (χ0) is 18.6. The van der Waals surface area contributed by atoms with Crippen LogP contribution in [0, 0.1) is 5.92 Å². The van der Waals surface area contributed by atoms with Crippen molar-refractivity contribution in [1.82, 2.24) is 25.3 Å². The predicted octanol–water partition coefficient (Wildman–Crippen LogP) is 2.19. The maximum Gasteiger partial charge on any atom is 0.191 e. The molecule has 1 fully saturated rings. The van der Waals surface area contributed by atoms with E-state index in [1.807, 2.05) is 30.2 Å². The highest BCUT2D eigenvalue weighted by Crippen LogP contribution is 2.19. The summed E-state index contributed by atoms with van der Waals surface area (Å²) in [6, 6.07) is 2.48. The normalized spacial score (nSPS) is 16.8. The molecule has 2 N–H and O–H groups in total. The van der Waals surface area contributed by atoms with Gasteiger partial charge in [0.25, 0.3) is 0 Å². The van der Waals surface area contributed by atoms with Gasteiger partial charge in [-0.25, -0.2) is 0 Å². The van der Waals surface area contributed by atoms with Gasteiger partial charge < -0.3 is 15.4 Å². The Kier molecular flexibility index (Phi) is 12.7. The van der Waals surface area contributed by atoms with Crippen molar-refractivity contribution in [2.75, 3.05) is 46.4 Å². The van der Waals surface area contributed by atoms with Crippen LogP contribution in [-0.2, 0) is 11.3 Å². The van der Waals surface area contributed by atoms with Crippen LogP contribution in [0.25, 0.3) is 0 Å². The number of halogens is 1. The van der Waals surface area contributed by atoms with Crippen LogP contribution in [0.5, 0.6) is 0 Å². The maximum absolute atomic E-state index is 5.53. The van der Waals surface area contributed by atoms with Crippen LogP contribution < -0.4 is 10.6 Å². The van der Waals surface area contributed by atoms with Gasteiger partial charge in [-0.05, 0) is 18.4 Å². The fourth-order valence-electron chi connectivity index (χ4n) is 3.64. The Morgan fingerprint density at radius 2 is 1.96 bits per heavy atom. The van der Waals surface area contributed by atoms with Crippen molar-refractivity contribution in [3.8, 4) is 0 Å². The first-order valence-electron chi connectivity index (χ1n) is 10.0. The third-order valence-corrected chi connectivity index (χ3v) is 5.23. The smallest absolute Gasteiger partial charge is 0.191 e. The summed E-state index contributed by atoms with van der Waals surface area (Å²) in [7, 11) is 1.84.